The van der Waals surface area contributed by atoms with Crippen molar-refractivity contribution in [3.05, 3.63) is 59.2 Å². The lowest BCUT2D eigenvalue weighted by Crippen LogP contribution is -2.48. The van der Waals surface area contributed by atoms with E-state index >= 15 is 0 Å². The van der Waals surface area contributed by atoms with Gasteiger partial charge in [0.1, 0.15) is 15.9 Å². The average Bonchev–Trinajstić information content (AvgIpc) is 3.09. The van der Waals surface area contributed by atoms with Crippen molar-refractivity contribution in [3.8, 4) is 11.5 Å². The maximum absolute atomic E-state index is 13.0. The maximum atomic E-state index is 13.0. The molecule has 2 amide bonds. The molecule has 2 aromatic carbocycles. The number of methoxy groups -OCH3 is 2. The Bertz CT molecular complexity index is 1100. The first-order valence-corrected chi connectivity index (χ1v) is 12.3. The molecule has 0 spiro atoms. The summed E-state index contributed by atoms with van der Waals surface area (Å²) in [7, 11) is -0.170. The Balaban J connectivity index is 1.69. The van der Waals surface area contributed by atoms with Crippen LogP contribution in [0.4, 0.5) is 0 Å². The molecule has 1 aliphatic rings. The molecule has 3 rings (SSSR count). The fourth-order valence-corrected chi connectivity index (χ4v) is 4.42. The number of sulfone groups is 1. The van der Waals surface area contributed by atoms with Gasteiger partial charge in [-0.25, -0.2) is 8.42 Å². The average molecular weight is 461 g/mol. The van der Waals surface area contributed by atoms with Crippen molar-refractivity contribution >= 4 is 21.7 Å². The second-order valence-corrected chi connectivity index (χ2v) is 10.0. The largest absolute Gasteiger partial charge is 0.493 e. The van der Waals surface area contributed by atoms with E-state index in [0.717, 1.165) is 17.4 Å². The van der Waals surface area contributed by atoms with Crippen molar-refractivity contribution in [1.29, 1.82) is 0 Å². The summed E-state index contributed by atoms with van der Waals surface area (Å²) < 4.78 is 34.0. The Kier molecular flexibility index (Phi) is 7.40. The number of ether oxygens (including phenoxy) is 2. The van der Waals surface area contributed by atoms with E-state index in [1.54, 1.807) is 32.4 Å². The molecule has 1 N–H and O–H groups in total. The van der Waals surface area contributed by atoms with Crippen molar-refractivity contribution in [2.24, 2.45) is 0 Å². The highest BCUT2D eigenvalue weighted by molar-refractivity contribution is 7.90. The quantitative estimate of drug-likeness (QED) is 0.580. The van der Waals surface area contributed by atoms with Gasteiger partial charge in [0.15, 0.2) is 11.5 Å². The second-order valence-electron chi connectivity index (χ2n) is 7.75. The van der Waals surface area contributed by atoms with E-state index in [9.17, 15) is 18.0 Å². The van der Waals surface area contributed by atoms with E-state index in [0.29, 0.717) is 30.0 Å². The van der Waals surface area contributed by atoms with Gasteiger partial charge in [0.05, 0.1) is 20.0 Å². The molecule has 0 radical (unpaired) electrons. The fraction of sp³-hybridized carbons (Fsp3) is 0.391. The zero-order valence-corrected chi connectivity index (χ0v) is 19.3. The summed E-state index contributed by atoms with van der Waals surface area (Å²) in [5, 5.41) is 2.86. The molecule has 2 aromatic rings. The van der Waals surface area contributed by atoms with Gasteiger partial charge in [0.25, 0.3) is 5.91 Å². The monoisotopic (exact) mass is 460 g/mol. The standard InChI is InChI=1S/C23H28N2O6S/c1-30-20-9-8-16(14-21(20)31-2)10-12-24-22(26)19(11-13-32(3,28)29)25-15-17-6-4-5-7-18(17)23(25)27/h4-9,14,19H,10-13,15H2,1-3H3,(H,24,26). The summed E-state index contributed by atoms with van der Waals surface area (Å²) in [4.78, 5) is 27.3. The molecule has 8 nitrogen and oxygen atoms in total. The van der Waals surface area contributed by atoms with Crippen LogP contribution >= 0.6 is 0 Å². The lowest BCUT2D eigenvalue weighted by molar-refractivity contribution is -0.125. The van der Waals surface area contributed by atoms with Gasteiger partial charge in [-0.1, -0.05) is 24.3 Å². The van der Waals surface area contributed by atoms with Gasteiger partial charge in [-0.05, 0) is 42.2 Å². The van der Waals surface area contributed by atoms with Crippen LogP contribution in [0.5, 0.6) is 11.5 Å². The van der Waals surface area contributed by atoms with Gasteiger partial charge in [-0.2, -0.15) is 0 Å². The van der Waals surface area contributed by atoms with Crippen LogP contribution in [0.15, 0.2) is 42.5 Å². The van der Waals surface area contributed by atoms with E-state index < -0.39 is 15.9 Å². The smallest absolute Gasteiger partial charge is 0.255 e. The third-order valence-electron chi connectivity index (χ3n) is 5.45. The number of fused-ring (bicyclic) bond motifs is 1. The number of nitrogens with one attached hydrogen (secondary N) is 1. The second kappa shape index (κ2) is 10.0. The predicted molar refractivity (Wildman–Crippen MR) is 121 cm³/mol. The van der Waals surface area contributed by atoms with Crippen molar-refractivity contribution in [2.45, 2.75) is 25.4 Å². The first kappa shape index (κ1) is 23.6. The van der Waals surface area contributed by atoms with Crippen LogP contribution in [0.25, 0.3) is 0 Å². The first-order valence-electron chi connectivity index (χ1n) is 10.3. The van der Waals surface area contributed by atoms with Crippen LogP contribution in [-0.2, 0) is 27.6 Å². The third kappa shape index (κ3) is 5.59. The molecular formula is C23H28N2O6S. The van der Waals surface area contributed by atoms with Crippen LogP contribution in [0.3, 0.4) is 0 Å². The summed E-state index contributed by atoms with van der Waals surface area (Å²) in [6, 6.07) is 11.8. The number of carbonyl (C=O) groups excluding carboxylic acids is 2. The lowest BCUT2D eigenvalue weighted by Gasteiger charge is -2.27. The van der Waals surface area contributed by atoms with E-state index in [-0.39, 0.29) is 30.5 Å². The number of hydrogen-bond donors (Lipinski definition) is 1. The molecule has 9 heteroatoms. The number of hydrogen-bond acceptors (Lipinski definition) is 6. The first-order chi connectivity index (χ1) is 15.2. The molecule has 1 unspecified atom stereocenters. The highest BCUT2D eigenvalue weighted by Gasteiger charge is 2.36. The van der Waals surface area contributed by atoms with Crippen molar-refractivity contribution in [3.63, 3.8) is 0 Å². The molecule has 172 valence electrons. The van der Waals surface area contributed by atoms with Crippen LogP contribution in [0.2, 0.25) is 0 Å². The Hall–Kier alpha value is -3.07. The van der Waals surface area contributed by atoms with Crippen LogP contribution in [0, 0.1) is 0 Å². The number of amides is 2. The molecule has 1 aliphatic heterocycles. The topological polar surface area (TPSA) is 102 Å². The van der Waals surface area contributed by atoms with Crippen molar-refractivity contribution < 1.29 is 27.5 Å². The molecule has 32 heavy (non-hydrogen) atoms. The minimum absolute atomic E-state index is 0.0424. The van der Waals surface area contributed by atoms with Crippen LogP contribution < -0.4 is 14.8 Å². The summed E-state index contributed by atoms with van der Waals surface area (Å²) in [6.07, 6.45) is 1.71. The molecular weight excluding hydrogens is 432 g/mol. The van der Waals surface area contributed by atoms with Gasteiger partial charge >= 0.3 is 0 Å². The van der Waals surface area contributed by atoms with Gasteiger partial charge < -0.3 is 19.7 Å². The molecule has 1 atom stereocenters. The fourth-order valence-electron chi connectivity index (χ4n) is 3.77. The SMILES string of the molecule is COc1ccc(CCNC(=O)C(CCS(C)(=O)=O)N2Cc3ccccc3C2=O)cc1OC. The van der Waals surface area contributed by atoms with Gasteiger partial charge in [0.2, 0.25) is 5.91 Å². The zero-order valence-electron chi connectivity index (χ0n) is 18.5. The zero-order chi connectivity index (χ0) is 23.3. The number of rotatable bonds is 10. The predicted octanol–water partition coefficient (Wildman–Crippen LogP) is 1.82. The summed E-state index contributed by atoms with van der Waals surface area (Å²) in [5.74, 6) is 0.418. The van der Waals surface area contributed by atoms with Gasteiger partial charge in [0, 0.05) is 24.9 Å². The van der Waals surface area contributed by atoms with Gasteiger partial charge in [-0.3, -0.25) is 9.59 Å². The highest BCUT2D eigenvalue weighted by atomic mass is 32.2. The maximum Gasteiger partial charge on any atom is 0.255 e. The normalized spacial score (nSPS) is 14.1. The summed E-state index contributed by atoms with van der Waals surface area (Å²) in [5.41, 5.74) is 2.33. The minimum atomic E-state index is -3.29. The van der Waals surface area contributed by atoms with Crippen LogP contribution in [0.1, 0.15) is 27.9 Å². The Morgan fingerprint density at radius 3 is 2.50 bits per heavy atom. The summed E-state index contributed by atoms with van der Waals surface area (Å²) in [6.45, 7) is 0.616. The number of nitrogens with zero attached hydrogens (tertiary/aromatic N) is 1. The van der Waals surface area contributed by atoms with Gasteiger partial charge in [-0.15, -0.1) is 0 Å². The highest BCUT2D eigenvalue weighted by Crippen LogP contribution is 2.28. The molecule has 0 saturated heterocycles. The van der Waals surface area contributed by atoms with Crippen molar-refractivity contribution in [2.75, 3.05) is 32.8 Å². The Labute approximate surface area is 188 Å². The molecule has 1 heterocycles. The van der Waals surface area contributed by atoms with Crippen molar-refractivity contribution in [1.82, 2.24) is 10.2 Å². The Morgan fingerprint density at radius 1 is 1.12 bits per heavy atom. The van der Waals surface area contributed by atoms with E-state index in [1.165, 1.54) is 4.90 Å². The molecule has 0 aliphatic carbocycles. The lowest BCUT2D eigenvalue weighted by atomic mass is 10.1. The molecule has 0 aromatic heterocycles. The molecule has 0 saturated carbocycles. The number of benzene rings is 2. The van der Waals surface area contributed by atoms with E-state index in [4.69, 9.17) is 9.47 Å². The Morgan fingerprint density at radius 2 is 1.84 bits per heavy atom. The third-order valence-corrected chi connectivity index (χ3v) is 6.43. The van der Waals surface area contributed by atoms with E-state index in [1.807, 2.05) is 24.3 Å². The molecule has 0 bridgehead atoms. The van der Waals surface area contributed by atoms with Crippen LogP contribution in [-0.4, -0.2) is 63.9 Å². The molecule has 0 fully saturated rings. The van der Waals surface area contributed by atoms with E-state index in [2.05, 4.69) is 5.32 Å². The number of carbonyl (C=O) groups is 2. The summed E-state index contributed by atoms with van der Waals surface area (Å²) >= 11 is 0. The minimum Gasteiger partial charge on any atom is -0.493 e.